The maximum Gasteiger partial charge on any atom is 0.323 e. The maximum atomic E-state index is 12.8. The number of aliphatic imine (C=N–C) groups is 1. The number of piperidine rings is 1. The van der Waals surface area contributed by atoms with E-state index < -0.39 is 0 Å². The standard InChI is InChI=1S/C29H33N5O2S/c1-37-28(22-10-12-30-13-11-22)31-21-34-20-25-9-8-24(19-27(25)32-29(34)35)23-6-5-7-26(18-23)36-17-16-33-14-3-2-4-15-33/h5-13,18-19H,2-4,14-17,20-21H2,1H3,(H,32,35)/b31-28-. The van der Waals surface area contributed by atoms with E-state index in [0.717, 1.165) is 45.3 Å². The van der Waals surface area contributed by atoms with Gasteiger partial charge >= 0.3 is 6.03 Å². The van der Waals surface area contributed by atoms with Crippen LogP contribution in [0, 0.1) is 0 Å². The molecule has 0 atom stereocenters. The quantitative estimate of drug-likeness (QED) is 0.307. The number of nitrogens with one attached hydrogen (secondary N) is 1. The number of thioether (sulfide) groups is 1. The number of carbonyl (C=O) groups excluding carboxylic acids is 1. The first-order chi connectivity index (χ1) is 18.2. The minimum absolute atomic E-state index is 0.140. The van der Waals surface area contributed by atoms with Gasteiger partial charge in [0.15, 0.2) is 0 Å². The van der Waals surface area contributed by atoms with Gasteiger partial charge in [-0.15, -0.1) is 11.8 Å². The summed E-state index contributed by atoms with van der Waals surface area (Å²) in [6.45, 7) is 4.83. The molecule has 3 heterocycles. The SMILES string of the molecule is CS/C(=N\CN1Cc2ccc(-c3cccc(OCCN4CCCCC4)c3)cc2NC1=O)c1ccncc1. The van der Waals surface area contributed by atoms with Gasteiger partial charge in [-0.1, -0.05) is 30.7 Å². The smallest absolute Gasteiger partial charge is 0.323 e. The lowest BCUT2D eigenvalue weighted by atomic mass is 10.0. The van der Waals surface area contributed by atoms with E-state index in [1.54, 1.807) is 29.1 Å². The topological polar surface area (TPSA) is 70.1 Å². The molecule has 1 fully saturated rings. The van der Waals surface area contributed by atoms with Crippen LogP contribution in [0.3, 0.4) is 0 Å². The number of amides is 2. The number of fused-ring (bicyclic) bond motifs is 1. The van der Waals surface area contributed by atoms with Crippen molar-refractivity contribution >= 4 is 28.5 Å². The minimum atomic E-state index is -0.140. The molecule has 0 radical (unpaired) electrons. The maximum absolute atomic E-state index is 12.8. The average molecular weight is 516 g/mol. The zero-order valence-corrected chi connectivity index (χ0v) is 22.0. The van der Waals surface area contributed by atoms with Gasteiger partial charge in [0.05, 0.1) is 11.6 Å². The van der Waals surface area contributed by atoms with Crippen molar-refractivity contribution in [3.05, 3.63) is 78.1 Å². The van der Waals surface area contributed by atoms with E-state index in [1.807, 2.05) is 36.6 Å². The third kappa shape index (κ3) is 6.50. The molecular formula is C29H33N5O2S. The number of urea groups is 1. The van der Waals surface area contributed by atoms with E-state index in [1.165, 1.54) is 32.4 Å². The molecule has 2 aliphatic rings. The largest absolute Gasteiger partial charge is 0.492 e. The molecule has 5 rings (SSSR count). The molecule has 2 aromatic carbocycles. The van der Waals surface area contributed by atoms with Crippen LogP contribution in [-0.4, -0.2) is 65.0 Å². The van der Waals surface area contributed by atoms with Gasteiger partial charge in [-0.05, 0) is 79.2 Å². The van der Waals surface area contributed by atoms with Crippen LogP contribution in [0.15, 0.2) is 72.0 Å². The first kappa shape index (κ1) is 25.3. The molecule has 3 aromatic rings. The molecule has 37 heavy (non-hydrogen) atoms. The second-order valence-corrected chi connectivity index (χ2v) is 10.1. The lowest BCUT2D eigenvalue weighted by molar-refractivity contribution is 0.183. The van der Waals surface area contributed by atoms with E-state index in [-0.39, 0.29) is 6.03 Å². The fraction of sp³-hybridized carbons (Fsp3) is 0.345. The van der Waals surface area contributed by atoms with Gasteiger partial charge in [0, 0.05) is 30.2 Å². The molecule has 7 nitrogen and oxygen atoms in total. The Morgan fingerprint density at radius 3 is 2.68 bits per heavy atom. The zero-order chi connectivity index (χ0) is 25.5. The average Bonchev–Trinajstić information content (AvgIpc) is 2.94. The van der Waals surface area contributed by atoms with Crippen LogP contribution < -0.4 is 10.1 Å². The van der Waals surface area contributed by atoms with Gasteiger partial charge < -0.3 is 15.0 Å². The molecule has 8 heteroatoms. The number of carbonyl (C=O) groups is 1. The lowest BCUT2D eigenvalue weighted by Crippen LogP contribution is -2.38. The van der Waals surface area contributed by atoms with E-state index in [4.69, 9.17) is 4.74 Å². The van der Waals surface area contributed by atoms with Crippen molar-refractivity contribution in [2.75, 3.05) is 44.5 Å². The number of rotatable bonds is 8. The third-order valence-corrected chi connectivity index (χ3v) is 7.55. The normalized spacial score (nSPS) is 16.3. The summed E-state index contributed by atoms with van der Waals surface area (Å²) in [5.74, 6) is 0.874. The fourth-order valence-corrected chi connectivity index (χ4v) is 5.31. The van der Waals surface area contributed by atoms with Crippen molar-refractivity contribution in [1.82, 2.24) is 14.8 Å². The summed E-state index contributed by atoms with van der Waals surface area (Å²) in [6.07, 6.45) is 9.42. The number of likely N-dealkylation sites (tertiary alicyclic amines) is 1. The first-order valence-electron chi connectivity index (χ1n) is 12.8. The summed E-state index contributed by atoms with van der Waals surface area (Å²) >= 11 is 1.56. The van der Waals surface area contributed by atoms with Crippen molar-refractivity contribution in [3.63, 3.8) is 0 Å². The van der Waals surface area contributed by atoms with Crippen LogP contribution in [0.2, 0.25) is 0 Å². The highest BCUT2D eigenvalue weighted by molar-refractivity contribution is 8.13. The molecule has 0 bridgehead atoms. The van der Waals surface area contributed by atoms with Gasteiger partial charge in [0.25, 0.3) is 0 Å². The Labute approximate surface area is 222 Å². The number of pyridine rings is 1. The van der Waals surface area contributed by atoms with Crippen molar-refractivity contribution < 1.29 is 9.53 Å². The molecule has 0 spiro atoms. The Hall–Kier alpha value is -3.36. The molecular weight excluding hydrogens is 482 g/mol. The van der Waals surface area contributed by atoms with Crippen LogP contribution in [0.5, 0.6) is 5.75 Å². The lowest BCUT2D eigenvalue weighted by Gasteiger charge is -2.28. The highest BCUT2D eigenvalue weighted by atomic mass is 32.2. The van der Waals surface area contributed by atoms with Gasteiger partial charge in [0.2, 0.25) is 0 Å². The molecule has 2 aliphatic heterocycles. The molecule has 1 aromatic heterocycles. The molecule has 2 amide bonds. The summed E-state index contributed by atoms with van der Waals surface area (Å²) in [5.41, 5.74) is 5.04. The third-order valence-electron chi connectivity index (χ3n) is 6.80. The number of ether oxygens (including phenoxy) is 1. The van der Waals surface area contributed by atoms with Gasteiger partial charge in [-0.2, -0.15) is 0 Å². The predicted octanol–water partition coefficient (Wildman–Crippen LogP) is 5.73. The van der Waals surface area contributed by atoms with E-state index in [0.29, 0.717) is 19.8 Å². The Kier molecular flexibility index (Phi) is 8.38. The monoisotopic (exact) mass is 515 g/mol. The Bertz CT molecular complexity index is 1240. The van der Waals surface area contributed by atoms with Crippen molar-refractivity contribution in [3.8, 4) is 16.9 Å². The summed E-state index contributed by atoms with van der Waals surface area (Å²) in [7, 11) is 0. The summed E-state index contributed by atoms with van der Waals surface area (Å²) in [5, 5.41) is 3.93. The molecule has 1 N–H and O–H groups in total. The summed E-state index contributed by atoms with van der Waals surface area (Å²) in [4.78, 5) is 25.8. The zero-order valence-electron chi connectivity index (χ0n) is 21.2. The minimum Gasteiger partial charge on any atom is -0.492 e. The van der Waals surface area contributed by atoms with Gasteiger partial charge in [-0.25, -0.2) is 4.79 Å². The molecule has 0 aliphatic carbocycles. The first-order valence-corrected chi connectivity index (χ1v) is 14.1. The fourth-order valence-electron chi connectivity index (χ4n) is 4.75. The van der Waals surface area contributed by atoms with Crippen molar-refractivity contribution in [1.29, 1.82) is 0 Å². The number of nitrogens with zero attached hydrogens (tertiary/aromatic N) is 4. The molecule has 1 saturated heterocycles. The number of aromatic nitrogens is 1. The number of anilines is 1. The van der Waals surface area contributed by atoms with E-state index in [9.17, 15) is 4.79 Å². The molecule has 0 saturated carbocycles. The van der Waals surface area contributed by atoms with Crippen LogP contribution in [-0.2, 0) is 6.54 Å². The molecule has 192 valence electrons. The van der Waals surface area contributed by atoms with Gasteiger partial charge in [-0.3, -0.25) is 14.9 Å². The predicted molar refractivity (Wildman–Crippen MR) is 151 cm³/mol. The highest BCUT2D eigenvalue weighted by Gasteiger charge is 2.23. The van der Waals surface area contributed by atoms with Crippen molar-refractivity contribution in [2.45, 2.75) is 25.8 Å². The van der Waals surface area contributed by atoms with E-state index in [2.05, 4.69) is 44.5 Å². The van der Waals surface area contributed by atoms with Crippen LogP contribution >= 0.6 is 11.8 Å². The van der Waals surface area contributed by atoms with Crippen LogP contribution in [0.25, 0.3) is 11.1 Å². The number of benzene rings is 2. The Morgan fingerprint density at radius 1 is 1.05 bits per heavy atom. The summed E-state index contributed by atoms with van der Waals surface area (Å²) in [6, 6.07) is 18.1. The van der Waals surface area contributed by atoms with Crippen LogP contribution in [0.1, 0.15) is 30.4 Å². The number of hydrogen-bond acceptors (Lipinski definition) is 6. The van der Waals surface area contributed by atoms with Crippen molar-refractivity contribution in [2.24, 2.45) is 4.99 Å². The second-order valence-electron chi connectivity index (χ2n) is 9.32. The highest BCUT2D eigenvalue weighted by Crippen LogP contribution is 2.31. The van der Waals surface area contributed by atoms with Gasteiger partial charge in [0.1, 0.15) is 19.0 Å². The Morgan fingerprint density at radius 2 is 1.86 bits per heavy atom. The number of hydrogen-bond donors (Lipinski definition) is 1. The Balaban J connectivity index is 1.23. The molecule has 0 unspecified atom stereocenters. The van der Waals surface area contributed by atoms with Crippen LogP contribution in [0.4, 0.5) is 10.5 Å². The summed E-state index contributed by atoms with van der Waals surface area (Å²) < 4.78 is 6.07. The second kappa shape index (κ2) is 12.3. The van der Waals surface area contributed by atoms with E-state index >= 15 is 0 Å².